The van der Waals surface area contributed by atoms with Crippen LogP contribution in [0.15, 0.2) is 0 Å². The first kappa shape index (κ1) is 38.6. The van der Waals surface area contributed by atoms with Gasteiger partial charge in [-0.25, -0.2) is 0 Å². The van der Waals surface area contributed by atoms with Crippen LogP contribution < -0.4 is 56.9 Å². The van der Waals surface area contributed by atoms with Gasteiger partial charge in [-0.15, -0.1) is 0 Å². The predicted octanol–water partition coefficient (Wildman–Crippen LogP) is -6.86. The molecule has 0 spiro atoms. The number of amides is 2. The van der Waals surface area contributed by atoms with Crippen LogP contribution in [0.1, 0.15) is 38.5 Å². The van der Waals surface area contributed by atoms with E-state index in [-0.39, 0.29) is 87.6 Å². The maximum absolute atomic E-state index is 11.0. The van der Waals surface area contributed by atoms with E-state index in [1.807, 2.05) is 0 Å². The van der Waals surface area contributed by atoms with E-state index in [0.29, 0.717) is 13.1 Å². The Balaban J connectivity index is -0.000000228. The van der Waals surface area contributed by atoms with E-state index in [1.165, 1.54) is 0 Å². The van der Waals surface area contributed by atoms with Crippen LogP contribution >= 0.6 is 0 Å². The van der Waals surface area contributed by atoms with Gasteiger partial charge in [-0.2, -0.15) is 0 Å². The van der Waals surface area contributed by atoms with E-state index in [9.17, 15) is 28.8 Å². The molecule has 17 heteroatoms. The van der Waals surface area contributed by atoms with Crippen molar-refractivity contribution in [2.24, 2.45) is 11.5 Å². The Morgan fingerprint density at radius 1 is 0.882 bits per heavy atom. The zero-order valence-electron chi connectivity index (χ0n) is 18.8. The molecular formula is C17H29N4NaO12. The Labute approximate surface area is 216 Å². The third-order valence-corrected chi connectivity index (χ3v) is 2.87. The zero-order valence-corrected chi connectivity index (χ0v) is 20.8. The van der Waals surface area contributed by atoms with E-state index in [2.05, 4.69) is 20.3 Å². The van der Waals surface area contributed by atoms with Crippen LogP contribution in [0.5, 0.6) is 0 Å². The molecule has 190 valence electrons. The fraction of sp³-hybridized carbons (Fsp3) is 0.588. The van der Waals surface area contributed by atoms with Gasteiger partial charge in [0.05, 0.1) is 25.7 Å². The van der Waals surface area contributed by atoms with Gasteiger partial charge in [0.25, 0.3) is 6.47 Å². The fourth-order valence-electron chi connectivity index (χ4n) is 1.45. The average molecular weight is 504 g/mol. The van der Waals surface area contributed by atoms with Gasteiger partial charge in [-0.05, 0) is 0 Å². The Morgan fingerprint density at radius 2 is 1.21 bits per heavy atom. The van der Waals surface area contributed by atoms with Crippen LogP contribution in [-0.4, -0.2) is 78.6 Å². The monoisotopic (exact) mass is 504 g/mol. The summed E-state index contributed by atoms with van der Waals surface area (Å²) >= 11 is 0. The number of cyclic esters (lactones) is 2. The van der Waals surface area contributed by atoms with Gasteiger partial charge in [0, 0.05) is 39.0 Å². The van der Waals surface area contributed by atoms with Crippen molar-refractivity contribution in [1.82, 2.24) is 10.6 Å². The Kier molecular flexibility index (Phi) is 32.3. The van der Waals surface area contributed by atoms with E-state index in [0.717, 1.165) is 0 Å². The van der Waals surface area contributed by atoms with Crippen LogP contribution in [0.3, 0.4) is 0 Å². The number of carboxylic acids is 2. The van der Waals surface area contributed by atoms with Gasteiger partial charge in [-0.3, -0.25) is 33.6 Å². The van der Waals surface area contributed by atoms with E-state index >= 15 is 0 Å². The summed E-state index contributed by atoms with van der Waals surface area (Å²) in [5.41, 5.74) is 9.81. The molecule has 1 aliphatic rings. The number of hydrogen-bond acceptors (Lipinski definition) is 12. The maximum Gasteiger partial charge on any atom is 1.00 e. The largest absolute Gasteiger partial charge is 1.00 e. The van der Waals surface area contributed by atoms with Crippen molar-refractivity contribution < 1.29 is 88.2 Å². The molecule has 8 N–H and O–H groups in total. The second-order valence-corrected chi connectivity index (χ2v) is 5.60. The summed E-state index contributed by atoms with van der Waals surface area (Å²) in [6, 6.07) is 0. The van der Waals surface area contributed by atoms with Gasteiger partial charge in [0.15, 0.2) is 0 Å². The summed E-state index contributed by atoms with van der Waals surface area (Å²) in [7, 11) is 0. The number of nitrogens with one attached hydrogen (secondary N) is 2. The first-order valence-electron chi connectivity index (χ1n) is 9.36. The van der Waals surface area contributed by atoms with Crippen LogP contribution in [0.4, 0.5) is 0 Å². The smallest absolute Gasteiger partial charge is 0.662 e. The SMILES string of the molecule is NCCN.O=C(O)CCC(=O)NCCNC(=O)CCC(=O)O.O=C1CCC(=O)O1.O=CO[O-].[Na+]. The van der Waals surface area contributed by atoms with Crippen molar-refractivity contribution >= 4 is 42.2 Å². The summed E-state index contributed by atoms with van der Waals surface area (Å²) < 4.78 is 4.08. The van der Waals surface area contributed by atoms with Crippen molar-refractivity contribution in [3.8, 4) is 0 Å². The summed E-state index contributed by atoms with van der Waals surface area (Å²) in [5, 5.41) is 29.9. The zero-order chi connectivity index (χ0) is 26.1. The third kappa shape index (κ3) is 36.7. The molecule has 2 amide bonds. The molecule has 1 aliphatic heterocycles. The van der Waals surface area contributed by atoms with Crippen LogP contribution in [0, 0.1) is 0 Å². The normalized spacial score (nSPS) is 10.7. The molecule has 34 heavy (non-hydrogen) atoms. The minimum atomic E-state index is -1.05. The van der Waals surface area contributed by atoms with E-state index < -0.39 is 35.7 Å². The van der Waals surface area contributed by atoms with E-state index in [1.54, 1.807) is 0 Å². The molecule has 1 rings (SSSR count). The van der Waals surface area contributed by atoms with Crippen molar-refractivity contribution in [3.63, 3.8) is 0 Å². The number of aliphatic carboxylic acids is 2. The van der Waals surface area contributed by atoms with E-state index in [4.69, 9.17) is 31.7 Å². The second kappa shape index (κ2) is 28.4. The number of ether oxygens (including phenoxy) is 1. The van der Waals surface area contributed by atoms with Gasteiger partial charge in [-0.1, -0.05) is 0 Å². The molecule has 0 saturated carbocycles. The molecule has 0 aromatic heterocycles. The van der Waals surface area contributed by atoms with Crippen LogP contribution in [0.25, 0.3) is 0 Å². The first-order valence-corrected chi connectivity index (χ1v) is 9.36. The molecule has 0 bridgehead atoms. The number of rotatable bonds is 11. The summed E-state index contributed by atoms with van der Waals surface area (Å²) in [4.78, 5) is 73.7. The number of esters is 2. The molecule has 0 aliphatic carbocycles. The average Bonchev–Trinajstić information content (AvgIpc) is 3.16. The van der Waals surface area contributed by atoms with Crippen molar-refractivity contribution in [2.75, 3.05) is 26.2 Å². The molecular weight excluding hydrogens is 475 g/mol. The number of carbonyl (C=O) groups excluding carboxylic acids is 5. The summed E-state index contributed by atoms with van der Waals surface area (Å²) in [5.74, 6) is -3.70. The molecule has 16 nitrogen and oxygen atoms in total. The molecule has 0 atom stereocenters. The summed E-state index contributed by atoms with van der Waals surface area (Å²) in [6.07, 6.45) is -0.171. The molecule has 1 fully saturated rings. The molecule has 1 saturated heterocycles. The quantitative estimate of drug-likeness (QED) is 0.0290. The minimum absolute atomic E-state index is 0. The molecule has 0 unspecified atom stereocenters. The van der Waals surface area contributed by atoms with Gasteiger partial charge < -0.3 is 47.2 Å². The van der Waals surface area contributed by atoms with Crippen molar-refractivity contribution in [2.45, 2.75) is 38.5 Å². The Morgan fingerprint density at radius 3 is 1.38 bits per heavy atom. The number of carbonyl (C=O) groups is 7. The summed E-state index contributed by atoms with van der Waals surface area (Å²) in [6.45, 7) is 1.37. The Hall–Kier alpha value is -2.63. The van der Waals surface area contributed by atoms with Crippen molar-refractivity contribution in [3.05, 3.63) is 0 Å². The topological polar surface area (TPSA) is 278 Å². The first-order chi connectivity index (χ1) is 15.5. The predicted molar refractivity (Wildman–Crippen MR) is 105 cm³/mol. The van der Waals surface area contributed by atoms with Gasteiger partial charge in [0.1, 0.15) is 0 Å². The number of nitrogens with two attached hydrogens (primary N) is 2. The van der Waals surface area contributed by atoms with Gasteiger partial charge >= 0.3 is 53.4 Å². The molecule has 0 aromatic carbocycles. The molecule has 0 aromatic rings. The fourth-order valence-corrected chi connectivity index (χ4v) is 1.45. The standard InChI is InChI=1S/C10H16N2O6.C4H4O3.C2H8N2.CH2O3.Na/c13-7(1-3-9(15)16)11-5-6-12-8(14)2-4-10(17)18;5-3-1-2-4(6)7-3;3-1-2-4;2-1-4-3;/h1-6H2,(H,11,13)(H,12,14)(H,15,16)(H,17,18);1-2H2;1-4H2;1,3H;/q;;;;+1/p-1. The molecule has 1 heterocycles. The number of carboxylic acid groups (broad SMARTS) is 2. The van der Waals surface area contributed by atoms with Crippen LogP contribution in [0.2, 0.25) is 0 Å². The Bertz CT molecular complexity index is 586. The maximum atomic E-state index is 11.0. The third-order valence-electron chi connectivity index (χ3n) is 2.87. The minimum Gasteiger partial charge on any atom is -0.662 e. The van der Waals surface area contributed by atoms with Crippen molar-refractivity contribution in [1.29, 1.82) is 0 Å². The molecule has 0 radical (unpaired) electrons. The van der Waals surface area contributed by atoms with Crippen LogP contribution in [-0.2, 0) is 43.2 Å². The number of hydrogen-bond donors (Lipinski definition) is 6. The van der Waals surface area contributed by atoms with Gasteiger partial charge in [0.2, 0.25) is 11.8 Å². The second-order valence-electron chi connectivity index (χ2n) is 5.60.